The molecule has 1 amide bonds. The summed E-state index contributed by atoms with van der Waals surface area (Å²) >= 11 is 0. The van der Waals surface area contributed by atoms with Crippen LogP contribution < -0.4 is 5.32 Å². The number of hydrogen-bond acceptors (Lipinski definition) is 5. The van der Waals surface area contributed by atoms with E-state index in [9.17, 15) is 14.9 Å². The van der Waals surface area contributed by atoms with Crippen LogP contribution in [0.3, 0.4) is 0 Å². The van der Waals surface area contributed by atoms with E-state index < -0.39 is 18.5 Å². The molecule has 142 valence electrons. The third-order valence-corrected chi connectivity index (χ3v) is 4.47. The van der Waals surface area contributed by atoms with Gasteiger partial charge in [0.1, 0.15) is 18.2 Å². The highest BCUT2D eigenvalue weighted by atomic mass is 16.5. The number of benzene rings is 1. The summed E-state index contributed by atoms with van der Waals surface area (Å²) in [4.78, 5) is 24.2. The van der Waals surface area contributed by atoms with Gasteiger partial charge in [0.05, 0.1) is 17.4 Å². The summed E-state index contributed by atoms with van der Waals surface area (Å²) in [6.45, 7) is 3.76. The Labute approximate surface area is 162 Å². The number of rotatable bonds is 6. The van der Waals surface area contributed by atoms with Crippen LogP contribution in [0.15, 0.2) is 53.3 Å². The minimum absolute atomic E-state index is 0.227. The Bertz CT molecular complexity index is 1030. The third-order valence-electron chi connectivity index (χ3n) is 4.47. The highest BCUT2D eigenvalue weighted by Gasteiger charge is 2.20. The number of nitriles is 1. The fourth-order valence-electron chi connectivity index (χ4n) is 2.86. The van der Waals surface area contributed by atoms with Crippen molar-refractivity contribution >= 4 is 17.7 Å². The minimum atomic E-state index is -0.656. The molecule has 0 unspecified atom stereocenters. The van der Waals surface area contributed by atoms with Gasteiger partial charge in [0, 0.05) is 12.2 Å². The van der Waals surface area contributed by atoms with Gasteiger partial charge in [-0.1, -0.05) is 30.3 Å². The van der Waals surface area contributed by atoms with Gasteiger partial charge in [-0.15, -0.1) is 0 Å². The summed E-state index contributed by atoms with van der Waals surface area (Å²) in [6, 6.07) is 13.3. The quantitative estimate of drug-likeness (QED) is 0.664. The van der Waals surface area contributed by atoms with Crippen molar-refractivity contribution in [2.24, 2.45) is 0 Å². The lowest BCUT2D eigenvalue weighted by molar-refractivity contribution is -0.119. The van der Waals surface area contributed by atoms with Gasteiger partial charge in [-0.05, 0) is 31.0 Å². The molecule has 3 aromatic rings. The minimum Gasteiger partial charge on any atom is -0.472 e. The number of hydrogen-bond donors (Lipinski definition) is 1. The predicted octanol–water partition coefficient (Wildman–Crippen LogP) is 3.41. The van der Waals surface area contributed by atoms with Crippen LogP contribution in [0.4, 0.5) is 5.82 Å². The Kier molecular flexibility index (Phi) is 5.61. The largest absolute Gasteiger partial charge is 0.472 e. The number of furan rings is 1. The van der Waals surface area contributed by atoms with Crippen molar-refractivity contribution in [1.82, 2.24) is 4.57 Å². The Morgan fingerprint density at radius 3 is 2.61 bits per heavy atom. The number of carbonyl (C=O) groups excluding carboxylic acids is 2. The summed E-state index contributed by atoms with van der Waals surface area (Å²) in [6.07, 6.45) is 2.59. The van der Waals surface area contributed by atoms with Gasteiger partial charge in [0.15, 0.2) is 6.61 Å². The molecular weight excluding hydrogens is 358 g/mol. The van der Waals surface area contributed by atoms with E-state index in [1.54, 1.807) is 0 Å². The Balaban J connectivity index is 1.78. The molecule has 2 heterocycles. The lowest BCUT2D eigenvalue weighted by atomic mass is 10.2. The maximum atomic E-state index is 12.3. The Hall–Kier alpha value is -3.79. The molecule has 0 fully saturated rings. The zero-order valence-electron chi connectivity index (χ0n) is 15.6. The van der Waals surface area contributed by atoms with Crippen LogP contribution in [0, 0.1) is 25.2 Å². The van der Waals surface area contributed by atoms with Crippen molar-refractivity contribution in [3.05, 3.63) is 76.9 Å². The average Bonchev–Trinajstić information content (AvgIpc) is 3.31. The molecule has 0 atom stereocenters. The molecule has 0 bridgehead atoms. The summed E-state index contributed by atoms with van der Waals surface area (Å²) in [5, 5.41) is 12.3. The maximum absolute atomic E-state index is 12.3. The third kappa shape index (κ3) is 3.96. The van der Waals surface area contributed by atoms with E-state index >= 15 is 0 Å². The fraction of sp³-hybridized carbons (Fsp3) is 0.190. The van der Waals surface area contributed by atoms with E-state index in [0.717, 1.165) is 16.8 Å². The summed E-state index contributed by atoms with van der Waals surface area (Å²) < 4.78 is 11.7. The monoisotopic (exact) mass is 377 g/mol. The number of anilines is 1. The van der Waals surface area contributed by atoms with Crippen LogP contribution in [0.2, 0.25) is 0 Å². The van der Waals surface area contributed by atoms with Crippen molar-refractivity contribution in [1.29, 1.82) is 5.26 Å². The second-order valence-corrected chi connectivity index (χ2v) is 6.25. The summed E-state index contributed by atoms with van der Waals surface area (Å²) in [5.41, 5.74) is 3.33. The Morgan fingerprint density at radius 1 is 1.21 bits per heavy atom. The number of esters is 1. The van der Waals surface area contributed by atoms with Gasteiger partial charge in [-0.2, -0.15) is 5.26 Å². The van der Waals surface area contributed by atoms with E-state index in [4.69, 9.17) is 9.15 Å². The van der Waals surface area contributed by atoms with Gasteiger partial charge in [0.25, 0.3) is 5.91 Å². The van der Waals surface area contributed by atoms with E-state index in [0.29, 0.717) is 17.9 Å². The van der Waals surface area contributed by atoms with Crippen molar-refractivity contribution in [2.75, 3.05) is 11.9 Å². The number of aromatic nitrogens is 1. The van der Waals surface area contributed by atoms with Crippen molar-refractivity contribution in [2.45, 2.75) is 20.4 Å². The molecule has 1 N–H and O–H groups in total. The molecule has 0 saturated carbocycles. The van der Waals surface area contributed by atoms with Crippen LogP contribution in [0.25, 0.3) is 0 Å². The Morgan fingerprint density at radius 2 is 1.96 bits per heavy atom. The number of ether oxygens (including phenoxy) is 1. The maximum Gasteiger partial charge on any atom is 0.341 e. The molecule has 0 aliphatic carbocycles. The first-order chi connectivity index (χ1) is 13.5. The van der Waals surface area contributed by atoms with Gasteiger partial charge in [-0.25, -0.2) is 4.79 Å². The lowest BCUT2D eigenvalue weighted by Gasteiger charge is -2.13. The number of nitrogens with one attached hydrogen (secondary N) is 1. The normalized spacial score (nSPS) is 10.3. The van der Waals surface area contributed by atoms with Gasteiger partial charge >= 0.3 is 5.97 Å². The number of nitrogens with zero attached hydrogens (tertiary/aromatic N) is 2. The van der Waals surface area contributed by atoms with Gasteiger partial charge in [0.2, 0.25) is 0 Å². The molecule has 7 nitrogen and oxygen atoms in total. The molecule has 0 saturated heterocycles. The highest BCUT2D eigenvalue weighted by molar-refractivity contribution is 5.96. The van der Waals surface area contributed by atoms with Crippen LogP contribution in [-0.4, -0.2) is 23.1 Å². The van der Waals surface area contributed by atoms with E-state index in [1.165, 1.54) is 18.6 Å². The highest BCUT2D eigenvalue weighted by Crippen LogP contribution is 2.27. The molecule has 0 radical (unpaired) electrons. The van der Waals surface area contributed by atoms with Crippen molar-refractivity contribution in [3.8, 4) is 6.07 Å². The van der Waals surface area contributed by atoms with Crippen molar-refractivity contribution < 1.29 is 18.7 Å². The number of amides is 1. The molecule has 3 rings (SSSR count). The van der Waals surface area contributed by atoms with Crippen LogP contribution in [0.1, 0.15) is 32.7 Å². The summed E-state index contributed by atoms with van der Waals surface area (Å²) in [5.74, 6) is -0.790. The van der Waals surface area contributed by atoms with Gasteiger partial charge in [-0.3, -0.25) is 4.79 Å². The lowest BCUT2D eigenvalue weighted by Crippen LogP contribution is -2.23. The molecule has 0 aliphatic heterocycles. The second-order valence-electron chi connectivity index (χ2n) is 6.25. The fourth-order valence-corrected chi connectivity index (χ4v) is 2.86. The topological polar surface area (TPSA) is 97.3 Å². The second kappa shape index (κ2) is 8.27. The zero-order valence-corrected chi connectivity index (χ0v) is 15.6. The SMILES string of the molecule is Cc1c(C#N)c(NC(=O)COC(=O)c2ccoc2)n(Cc2ccccc2)c1C. The van der Waals surface area contributed by atoms with E-state index in [-0.39, 0.29) is 5.56 Å². The van der Waals surface area contributed by atoms with E-state index in [1.807, 2.05) is 48.7 Å². The van der Waals surface area contributed by atoms with Crippen molar-refractivity contribution in [3.63, 3.8) is 0 Å². The van der Waals surface area contributed by atoms with Crippen LogP contribution in [-0.2, 0) is 16.1 Å². The molecule has 7 heteroatoms. The predicted molar refractivity (Wildman–Crippen MR) is 102 cm³/mol. The first-order valence-electron chi connectivity index (χ1n) is 8.64. The first-order valence-corrected chi connectivity index (χ1v) is 8.64. The smallest absolute Gasteiger partial charge is 0.341 e. The standard InChI is InChI=1S/C21H19N3O4/c1-14-15(2)24(11-16-6-4-3-5-7-16)20(18(14)10-22)23-19(25)13-28-21(26)17-8-9-27-12-17/h3-9,12H,11,13H2,1-2H3,(H,23,25). The van der Waals surface area contributed by atoms with Crippen LogP contribution in [0.5, 0.6) is 0 Å². The molecule has 0 aliphatic rings. The molecule has 1 aromatic carbocycles. The van der Waals surface area contributed by atoms with Gasteiger partial charge < -0.3 is 19.0 Å². The zero-order chi connectivity index (χ0) is 20.1. The summed E-state index contributed by atoms with van der Waals surface area (Å²) in [7, 11) is 0. The van der Waals surface area contributed by atoms with E-state index in [2.05, 4.69) is 11.4 Å². The first kappa shape index (κ1) is 19.0. The molecular formula is C21H19N3O4. The molecule has 0 spiro atoms. The number of carbonyl (C=O) groups is 2. The molecule has 2 aromatic heterocycles. The average molecular weight is 377 g/mol. The van der Waals surface area contributed by atoms with Crippen LogP contribution >= 0.6 is 0 Å². The molecule has 28 heavy (non-hydrogen) atoms.